The molecule has 0 radical (unpaired) electrons. The van der Waals surface area contributed by atoms with E-state index in [2.05, 4.69) is 55.3 Å². The fourth-order valence-electron chi connectivity index (χ4n) is 2.90. The Bertz CT molecular complexity index is 389. The van der Waals surface area contributed by atoms with Gasteiger partial charge in [0, 0.05) is 18.6 Å². The molecule has 1 saturated heterocycles. The second-order valence-corrected chi connectivity index (χ2v) is 5.95. The van der Waals surface area contributed by atoms with Crippen LogP contribution < -0.4 is 5.32 Å². The molecule has 1 aromatic carbocycles. The minimum absolute atomic E-state index is 0.643. The molecule has 1 aromatic rings. The third-order valence-electron chi connectivity index (χ3n) is 4.34. The van der Waals surface area contributed by atoms with Gasteiger partial charge in [-0.25, -0.2) is 0 Å². The van der Waals surface area contributed by atoms with E-state index >= 15 is 0 Å². The highest BCUT2D eigenvalue weighted by molar-refractivity contribution is 5.25. The van der Waals surface area contributed by atoms with Crippen LogP contribution in [0.1, 0.15) is 44.2 Å². The zero-order valence-electron chi connectivity index (χ0n) is 12.7. The van der Waals surface area contributed by atoms with Crippen molar-refractivity contribution in [1.82, 2.24) is 10.2 Å². The highest BCUT2D eigenvalue weighted by Gasteiger charge is 2.17. The number of benzene rings is 1. The summed E-state index contributed by atoms with van der Waals surface area (Å²) in [4.78, 5) is 2.63. The van der Waals surface area contributed by atoms with Crippen LogP contribution in [0, 0.1) is 6.92 Å². The van der Waals surface area contributed by atoms with Crippen LogP contribution in [0.15, 0.2) is 24.3 Å². The Morgan fingerprint density at radius 1 is 1.21 bits per heavy atom. The Morgan fingerprint density at radius 2 is 1.95 bits per heavy atom. The molecule has 1 aliphatic heterocycles. The molecule has 1 aliphatic rings. The molecule has 1 fully saturated rings. The average Bonchev–Trinajstić information content (AvgIpc) is 2.40. The van der Waals surface area contributed by atoms with Crippen LogP contribution in [-0.2, 0) is 6.54 Å². The van der Waals surface area contributed by atoms with Crippen molar-refractivity contribution < 1.29 is 0 Å². The van der Waals surface area contributed by atoms with Crippen LogP contribution in [0.2, 0.25) is 0 Å². The van der Waals surface area contributed by atoms with Crippen molar-refractivity contribution in [2.75, 3.05) is 13.1 Å². The van der Waals surface area contributed by atoms with Gasteiger partial charge in [-0.15, -0.1) is 0 Å². The Labute approximate surface area is 118 Å². The SMILES string of the molecule is CCC1CCN(Cc2ccccc2C)CCC(C)N1. The standard InChI is InChI=1S/C17H28N2/c1-4-17-10-12-19(11-9-15(3)18-17)13-16-8-6-5-7-14(16)2/h5-8,15,17-18H,4,9-13H2,1-3H3. The van der Waals surface area contributed by atoms with Gasteiger partial charge in [0.05, 0.1) is 0 Å². The van der Waals surface area contributed by atoms with E-state index in [1.807, 2.05) is 0 Å². The third-order valence-corrected chi connectivity index (χ3v) is 4.34. The molecule has 1 heterocycles. The topological polar surface area (TPSA) is 15.3 Å². The van der Waals surface area contributed by atoms with Crippen LogP contribution in [0.4, 0.5) is 0 Å². The quantitative estimate of drug-likeness (QED) is 0.896. The van der Waals surface area contributed by atoms with Crippen LogP contribution in [0.3, 0.4) is 0 Å². The molecule has 0 bridgehead atoms. The van der Waals surface area contributed by atoms with Crippen LogP contribution in [0.5, 0.6) is 0 Å². The molecule has 2 heteroatoms. The van der Waals surface area contributed by atoms with Gasteiger partial charge in [0.1, 0.15) is 0 Å². The summed E-state index contributed by atoms with van der Waals surface area (Å²) in [6.07, 6.45) is 3.76. The molecule has 0 spiro atoms. The maximum atomic E-state index is 3.74. The van der Waals surface area contributed by atoms with Gasteiger partial charge in [0.2, 0.25) is 0 Å². The molecule has 0 aromatic heterocycles. The van der Waals surface area contributed by atoms with E-state index in [4.69, 9.17) is 0 Å². The van der Waals surface area contributed by atoms with Crippen LogP contribution >= 0.6 is 0 Å². The number of aryl methyl sites for hydroxylation is 1. The first-order chi connectivity index (χ1) is 9.19. The Morgan fingerprint density at radius 3 is 2.68 bits per heavy atom. The number of nitrogens with zero attached hydrogens (tertiary/aromatic N) is 1. The normalized spacial score (nSPS) is 25.8. The summed E-state index contributed by atoms with van der Waals surface area (Å²) >= 11 is 0. The highest BCUT2D eigenvalue weighted by atomic mass is 15.1. The number of rotatable bonds is 3. The van der Waals surface area contributed by atoms with Gasteiger partial charge in [0.25, 0.3) is 0 Å². The first kappa shape index (κ1) is 14.5. The summed E-state index contributed by atoms with van der Waals surface area (Å²) in [7, 11) is 0. The highest BCUT2D eigenvalue weighted by Crippen LogP contribution is 2.14. The van der Waals surface area contributed by atoms with E-state index in [9.17, 15) is 0 Å². The monoisotopic (exact) mass is 260 g/mol. The van der Waals surface area contributed by atoms with Crippen molar-refractivity contribution >= 4 is 0 Å². The Kier molecular flexibility index (Phi) is 5.41. The minimum Gasteiger partial charge on any atom is -0.311 e. The van der Waals surface area contributed by atoms with Crippen molar-refractivity contribution in [1.29, 1.82) is 0 Å². The van der Waals surface area contributed by atoms with E-state index in [0.29, 0.717) is 12.1 Å². The maximum absolute atomic E-state index is 3.74. The van der Waals surface area contributed by atoms with Gasteiger partial charge < -0.3 is 5.32 Å². The first-order valence-electron chi connectivity index (χ1n) is 7.72. The lowest BCUT2D eigenvalue weighted by molar-refractivity contribution is 0.206. The van der Waals surface area contributed by atoms with Gasteiger partial charge in [0.15, 0.2) is 0 Å². The molecule has 2 atom stereocenters. The van der Waals surface area contributed by atoms with E-state index in [1.54, 1.807) is 0 Å². The lowest BCUT2D eigenvalue weighted by Gasteiger charge is -2.32. The molecule has 2 nitrogen and oxygen atoms in total. The summed E-state index contributed by atoms with van der Waals surface area (Å²) in [5, 5.41) is 3.74. The van der Waals surface area contributed by atoms with Crippen LogP contribution in [0.25, 0.3) is 0 Å². The Balaban J connectivity index is 1.97. The van der Waals surface area contributed by atoms with E-state index in [-0.39, 0.29) is 0 Å². The van der Waals surface area contributed by atoms with Crippen molar-refractivity contribution in [3.63, 3.8) is 0 Å². The number of nitrogens with one attached hydrogen (secondary N) is 1. The summed E-state index contributed by atoms with van der Waals surface area (Å²) in [5.41, 5.74) is 2.90. The largest absolute Gasteiger partial charge is 0.311 e. The van der Waals surface area contributed by atoms with E-state index in [1.165, 1.54) is 43.5 Å². The second-order valence-electron chi connectivity index (χ2n) is 5.95. The third kappa shape index (κ3) is 4.32. The van der Waals surface area contributed by atoms with Crippen molar-refractivity contribution in [2.24, 2.45) is 0 Å². The zero-order valence-corrected chi connectivity index (χ0v) is 12.7. The number of hydrogen-bond acceptors (Lipinski definition) is 2. The molecule has 0 aliphatic carbocycles. The molecule has 19 heavy (non-hydrogen) atoms. The smallest absolute Gasteiger partial charge is 0.0236 e. The van der Waals surface area contributed by atoms with E-state index < -0.39 is 0 Å². The summed E-state index contributed by atoms with van der Waals surface area (Å²) in [6, 6.07) is 10.1. The average molecular weight is 260 g/mol. The van der Waals surface area contributed by atoms with Crippen LogP contribution in [-0.4, -0.2) is 30.1 Å². The van der Waals surface area contributed by atoms with Crippen molar-refractivity contribution in [2.45, 2.75) is 58.7 Å². The van der Waals surface area contributed by atoms with Gasteiger partial charge in [-0.2, -0.15) is 0 Å². The first-order valence-corrected chi connectivity index (χ1v) is 7.72. The molecule has 0 saturated carbocycles. The van der Waals surface area contributed by atoms with Gasteiger partial charge in [-0.3, -0.25) is 4.90 Å². The zero-order chi connectivity index (χ0) is 13.7. The molecule has 0 amide bonds. The Hall–Kier alpha value is -0.860. The fraction of sp³-hybridized carbons (Fsp3) is 0.647. The van der Waals surface area contributed by atoms with Gasteiger partial charge >= 0.3 is 0 Å². The molecule has 2 unspecified atom stereocenters. The van der Waals surface area contributed by atoms with Gasteiger partial charge in [-0.1, -0.05) is 31.2 Å². The van der Waals surface area contributed by atoms with Crippen molar-refractivity contribution in [3.8, 4) is 0 Å². The molecular formula is C17H28N2. The molecule has 1 N–H and O–H groups in total. The molecular weight excluding hydrogens is 232 g/mol. The lowest BCUT2D eigenvalue weighted by Crippen LogP contribution is -2.43. The fourth-order valence-corrected chi connectivity index (χ4v) is 2.90. The van der Waals surface area contributed by atoms with E-state index in [0.717, 1.165) is 6.54 Å². The summed E-state index contributed by atoms with van der Waals surface area (Å²) in [5.74, 6) is 0. The second kappa shape index (κ2) is 7.06. The maximum Gasteiger partial charge on any atom is 0.0236 e. The minimum atomic E-state index is 0.643. The molecule has 2 rings (SSSR count). The lowest BCUT2D eigenvalue weighted by atomic mass is 10.0. The summed E-state index contributed by atoms with van der Waals surface area (Å²) < 4.78 is 0. The van der Waals surface area contributed by atoms with Gasteiger partial charge in [-0.05, 0) is 57.3 Å². The molecule has 106 valence electrons. The predicted molar refractivity (Wildman–Crippen MR) is 82.4 cm³/mol. The predicted octanol–water partition coefficient (Wildman–Crippen LogP) is 3.35. The number of hydrogen-bond donors (Lipinski definition) is 1. The van der Waals surface area contributed by atoms with Crippen molar-refractivity contribution in [3.05, 3.63) is 35.4 Å². The summed E-state index contributed by atoms with van der Waals surface area (Å²) in [6.45, 7) is 10.4.